The van der Waals surface area contributed by atoms with Gasteiger partial charge in [-0.3, -0.25) is 19.8 Å². The lowest BCUT2D eigenvalue weighted by atomic mass is 10.1. The number of halogens is 1. The Hall–Kier alpha value is -3.60. The van der Waals surface area contributed by atoms with E-state index in [2.05, 4.69) is 27.9 Å². The van der Waals surface area contributed by atoms with E-state index in [-0.39, 0.29) is 12.1 Å². The van der Waals surface area contributed by atoms with Crippen molar-refractivity contribution in [2.24, 2.45) is 0 Å². The average molecular weight is 572 g/mol. The van der Waals surface area contributed by atoms with Gasteiger partial charge in [-0.15, -0.1) is 0 Å². The van der Waals surface area contributed by atoms with Crippen LogP contribution in [-0.2, 0) is 22.7 Å². The zero-order chi connectivity index (χ0) is 24.1. The third-order valence-corrected chi connectivity index (χ3v) is 5.75. The fraction of sp³-hybridized carbons (Fsp3) is 0.160. The van der Waals surface area contributed by atoms with Gasteiger partial charge in [-0.25, -0.2) is 4.79 Å². The Balaban J connectivity index is 1.62. The zero-order valence-corrected chi connectivity index (χ0v) is 20.4. The minimum absolute atomic E-state index is 0.0870. The van der Waals surface area contributed by atoms with Crippen molar-refractivity contribution in [1.29, 1.82) is 0 Å². The minimum atomic E-state index is -0.794. The molecular formula is C25H21IN2O6. The second-order valence-corrected chi connectivity index (χ2v) is 8.49. The molecule has 1 saturated heterocycles. The standard InChI is InChI=1S/C25H21IN2O6/c1-2-32-21-13-17(12-20(26)22(21)34-15-16-7-4-3-5-8-16)11-19-23(29)27-25(31)28(24(19)30)14-18-9-6-10-33-18/h3-13H,2,14-15H2,1H3,(H,27,29,31)/b19-11+. The Morgan fingerprint density at radius 3 is 2.56 bits per heavy atom. The third-order valence-electron chi connectivity index (χ3n) is 4.95. The minimum Gasteiger partial charge on any atom is -0.490 e. The van der Waals surface area contributed by atoms with E-state index in [1.807, 2.05) is 37.3 Å². The number of furan rings is 1. The monoisotopic (exact) mass is 572 g/mol. The Morgan fingerprint density at radius 2 is 1.85 bits per heavy atom. The summed E-state index contributed by atoms with van der Waals surface area (Å²) >= 11 is 2.12. The van der Waals surface area contributed by atoms with Crippen molar-refractivity contribution in [1.82, 2.24) is 10.2 Å². The van der Waals surface area contributed by atoms with Crippen molar-refractivity contribution in [3.05, 3.63) is 86.9 Å². The molecule has 0 aliphatic carbocycles. The number of hydrogen-bond acceptors (Lipinski definition) is 6. The molecular weight excluding hydrogens is 551 g/mol. The van der Waals surface area contributed by atoms with Gasteiger partial charge < -0.3 is 13.9 Å². The number of imide groups is 2. The van der Waals surface area contributed by atoms with Gasteiger partial charge in [0, 0.05) is 0 Å². The number of ether oxygens (including phenoxy) is 2. The van der Waals surface area contributed by atoms with Crippen LogP contribution in [-0.4, -0.2) is 29.4 Å². The van der Waals surface area contributed by atoms with Crippen LogP contribution in [0.15, 0.2) is 70.9 Å². The number of carbonyl (C=O) groups excluding carboxylic acids is 3. The highest BCUT2D eigenvalue weighted by Gasteiger charge is 2.36. The lowest BCUT2D eigenvalue weighted by Crippen LogP contribution is -2.53. The predicted molar refractivity (Wildman–Crippen MR) is 132 cm³/mol. The van der Waals surface area contributed by atoms with Crippen LogP contribution in [0.2, 0.25) is 0 Å². The molecule has 0 unspecified atom stereocenters. The van der Waals surface area contributed by atoms with Gasteiger partial charge in [0.2, 0.25) is 0 Å². The molecule has 0 saturated carbocycles. The second-order valence-electron chi connectivity index (χ2n) is 7.33. The summed E-state index contributed by atoms with van der Waals surface area (Å²) in [6.45, 7) is 2.54. The highest BCUT2D eigenvalue weighted by atomic mass is 127. The summed E-state index contributed by atoms with van der Waals surface area (Å²) in [5, 5.41) is 2.21. The SMILES string of the molecule is CCOc1cc(/C=C2\C(=O)NC(=O)N(Cc3ccco3)C2=O)cc(I)c1OCc1ccccc1. The van der Waals surface area contributed by atoms with Crippen LogP contribution >= 0.6 is 22.6 Å². The van der Waals surface area contributed by atoms with Gasteiger partial charge >= 0.3 is 6.03 Å². The highest BCUT2D eigenvalue weighted by Crippen LogP contribution is 2.36. The molecule has 1 N–H and O–H groups in total. The number of barbiturate groups is 1. The smallest absolute Gasteiger partial charge is 0.331 e. The molecule has 2 heterocycles. The van der Waals surface area contributed by atoms with Crippen LogP contribution in [0.4, 0.5) is 4.79 Å². The van der Waals surface area contributed by atoms with Gasteiger partial charge in [0.05, 0.1) is 23.0 Å². The second kappa shape index (κ2) is 10.6. The van der Waals surface area contributed by atoms with E-state index >= 15 is 0 Å². The van der Waals surface area contributed by atoms with E-state index in [0.717, 1.165) is 14.0 Å². The van der Waals surface area contributed by atoms with Gasteiger partial charge in [0.1, 0.15) is 17.9 Å². The van der Waals surface area contributed by atoms with Gasteiger partial charge in [-0.1, -0.05) is 30.3 Å². The summed E-state index contributed by atoms with van der Waals surface area (Å²) in [6.07, 6.45) is 2.88. The Bertz CT molecular complexity index is 1240. The number of amides is 4. The number of carbonyl (C=O) groups is 3. The zero-order valence-electron chi connectivity index (χ0n) is 18.2. The summed E-state index contributed by atoms with van der Waals surface area (Å²) in [7, 11) is 0. The number of nitrogens with one attached hydrogen (secondary N) is 1. The molecule has 0 bridgehead atoms. The summed E-state index contributed by atoms with van der Waals surface area (Å²) in [4.78, 5) is 38.6. The van der Waals surface area contributed by atoms with Crippen molar-refractivity contribution >= 4 is 46.5 Å². The van der Waals surface area contributed by atoms with Crippen LogP contribution in [0, 0.1) is 3.57 Å². The number of nitrogens with zero attached hydrogens (tertiary/aromatic N) is 1. The molecule has 34 heavy (non-hydrogen) atoms. The van der Waals surface area contributed by atoms with Crippen LogP contribution < -0.4 is 14.8 Å². The number of rotatable bonds is 8. The van der Waals surface area contributed by atoms with Crippen LogP contribution in [0.5, 0.6) is 11.5 Å². The van der Waals surface area contributed by atoms with Gasteiger partial charge in [0.25, 0.3) is 11.8 Å². The first-order chi connectivity index (χ1) is 16.5. The predicted octanol–water partition coefficient (Wildman–Crippen LogP) is 4.52. The molecule has 1 aliphatic heterocycles. The lowest BCUT2D eigenvalue weighted by Gasteiger charge is -2.25. The van der Waals surface area contributed by atoms with Gasteiger partial charge in [-0.05, 0) is 71.0 Å². The number of urea groups is 1. The van der Waals surface area contributed by atoms with Gasteiger partial charge in [0.15, 0.2) is 11.5 Å². The fourth-order valence-electron chi connectivity index (χ4n) is 3.37. The van der Waals surface area contributed by atoms with Crippen molar-refractivity contribution in [2.75, 3.05) is 6.61 Å². The Kier molecular flexibility index (Phi) is 7.31. The number of hydrogen-bond donors (Lipinski definition) is 1. The lowest BCUT2D eigenvalue weighted by molar-refractivity contribution is -0.130. The Labute approximate surface area is 209 Å². The van der Waals surface area contributed by atoms with Crippen LogP contribution in [0.25, 0.3) is 6.08 Å². The molecule has 1 aliphatic rings. The van der Waals surface area contributed by atoms with E-state index in [1.165, 1.54) is 12.3 Å². The molecule has 4 amide bonds. The van der Waals surface area contributed by atoms with Crippen LogP contribution in [0.3, 0.4) is 0 Å². The summed E-state index contributed by atoms with van der Waals surface area (Å²) in [6, 6.07) is 15.7. The summed E-state index contributed by atoms with van der Waals surface area (Å²) < 4.78 is 17.8. The Morgan fingerprint density at radius 1 is 1.06 bits per heavy atom. The fourth-order valence-corrected chi connectivity index (χ4v) is 4.15. The summed E-state index contributed by atoms with van der Waals surface area (Å²) in [5.74, 6) is 0.0164. The van der Waals surface area contributed by atoms with E-state index in [4.69, 9.17) is 13.9 Å². The first-order valence-electron chi connectivity index (χ1n) is 10.5. The topological polar surface area (TPSA) is 98.1 Å². The van der Waals surface area contributed by atoms with E-state index in [9.17, 15) is 14.4 Å². The maximum absolute atomic E-state index is 13.0. The molecule has 0 radical (unpaired) electrons. The van der Waals surface area contributed by atoms with E-state index in [0.29, 0.717) is 36.0 Å². The van der Waals surface area contributed by atoms with E-state index < -0.39 is 17.8 Å². The molecule has 2 aromatic carbocycles. The molecule has 4 rings (SSSR count). The van der Waals surface area contributed by atoms with E-state index in [1.54, 1.807) is 24.3 Å². The largest absolute Gasteiger partial charge is 0.490 e. The quantitative estimate of drug-likeness (QED) is 0.242. The molecule has 3 aromatic rings. The molecule has 8 nitrogen and oxygen atoms in total. The van der Waals surface area contributed by atoms with Crippen molar-refractivity contribution in [3.63, 3.8) is 0 Å². The average Bonchev–Trinajstić information content (AvgIpc) is 3.33. The molecule has 0 spiro atoms. The molecule has 1 fully saturated rings. The maximum atomic E-state index is 13.0. The van der Waals surface area contributed by atoms with Crippen LogP contribution in [0.1, 0.15) is 23.8 Å². The summed E-state index contributed by atoms with van der Waals surface area (Å²) in [5.41, 5.74) is 1.41. The van der Waals surface area contributed by atoms with Crippen molar-refractivity contribution < 1.29 is 28.3 Å². The molecule has 174 valence electrons. The highest BCUT2D eigenvalue weighted by molar-refractivity contribution is 14.1. The first-order valence-corrected chi connectivity index (χ1v) is 11.6. The molecule has 1 aromatic heterocycles. The normalized spacial score (nSPS) is 14.9. The third kappa shape index (κ3) is 5.30. The first kappa shape index (κ1) is 23.6. The van der Waals surface area contributed by atoms with Crippen molar-refractivity contribution in [3.8, 4) is 11.5 Å². The molecule has 0 atom stereocenters. The number of benzene rings is 2. The maximum Gasteiger partial charge on any atom is 0.331 e. The molecule has 9 heteroatoms. The van der Waals surface area contributed by atoms with Gasteiger partial charge in [-0.2, -0.15) is 0 Å². The van der Waals surface area contributed by atoms with Crippen molar-refractivity contribution in [2.45, 2.75) is 20.1 Å².